The largest absolute Gasteiger partial charge is 0.390 e. The van der Waals surface area contributed by atoms with Crippen LogP contribution in [0.4, 0.5) is 0 Å². The summed E-state index contributed by atoms with van der Waals surface area (Å²) in [6.45, 7) is 3.54. The van der Waals surface area contributed by atoms with Gasteiger partial charge in [-0.1, -0.05) is 6.92 Å². The van der Waals surface area contributed by atoms with Gasteiger partial charge < -0.3 is 19.7 Å². The minimum atomic E-state index is -0.749. The summed E-state index contributed by atoms with van der Waals surface area (Å²) in [6, 6.07) is 0. The van der Waals surface area contributed by atoms with Crippen LogP contribution >= 0.6 is 0 Å². The van der Waals surface area contributed by atoms with Gasteiger partial charge in [0.05, 0.1) is 12.2 Å². The number of ether oxygens (including phenoxy) is 2. The lowest BCUT2D eigenvalue weighted by Gasteiger charge is -2.39. The summed E-state index contributed by atoms with van der Waals surface area (Å²) in [5, 5.41) is 19.0. The van der Waals surface area contributed by atoms with Gasteiger partial charge in [0.25, 0.3) is 0 Å². The van der Waals surface area contributed by atoms with E-state index in [1.807, 2.05) is 0 Å². The van der Waals surface area contributed by atoms with Crippen molar-refractivity contribution in [2.24, 2.45) is 5.92 Å². The monoisotopic (exact) mass is 176 g/mol. The van der Waals surface area contributed by atoms with Crippen molar-refractivity contribution in [1.82, 2.24) is 0 Å². The summed E-state index contributed by atoms with van der Waals surface area (Å²) < 4.78 is 10.1. The molecule has 0 amide bonds. The molecule has 4 nitrogen and oxygen atoms in total. The Bertz CT molecular complexity index is 145. The van der Waals surface area contributed by atoms with Crippen molar-refractivity contribution in [1.29, 1.82) is 0 Å². The Hall–Kier alpha value is -0.160. The zero-order chi connectivity index (χ0) is 9.30. The Morgan fingerprint density at radius 3 is 2.25 bits per heavy atom. The summed E-state index contributed by atoms with van der Waals surface area (Å²) in [5.41, 5.74) is 0. The minimum Gasteiger partial charge on any atom is -0.390 e. The lowest BCUT2D eigenvalue weighted by molar-refractivity contribution is -0.270. The second kappa shape index (κ2) is 3.70. The van der Waals surface area contributed by atoms with Gasteiger partial charge in [-0.3, -0.25) is 0 Å². The smallest absolute Gasteiger partial charge is 0.183 e. The third-order valence-electron chi connectivity index (χ3n) is 2.42. The first kappa shape index (κ1) is 9.92. The number of aliphatic hydroxyl groups is 2. The molecule has 1 fully saturated rings. The maximum absolute atomic E-state index is 9.52. The molecule has 1 aliphatic rings. The van der Waals surface area contributed by atoms with Crippen molar-refractivity contribution < 1.29 is 19.7 Å². The molecule has 1 unspecified atom stereocenters. The molecule has 12 heavy (non-hydrogen) atoms. The van der Waals surface area contributed by atoms with Crippen molar-refractivity contribution >= 4 is 0 Å². The van der Waals surface area contributed by atoms with Crippen LogP contribution in [0.25, 0.3) is 0 Å². The molecule has 0 bridgehead atoms. The van der Waals surface area contributed by atoms with Crippen LogP contribution in [0.1, 0.15) is 13.8 Å². The van der Waals surface area contributed by atoms with Gasteiger partial charge in [-0.15, -0.1) is 0 Å². The van der Waals surface area contributed by atoms with Gasteiger partial charge in [0.2, 0.25) is 0 Å². The fourth-order valence-electron chi connectivity index (χ4n) is 1.44. The molecule has 1 saturated heterocycles. The van der Waals surface area contributed by atoms with E-state index in [0.29, 0.717) is 0 Å². The van der Waals surface area contributed by atoms with E-state index in [0.717, 1.165) is 0 Å². The molecule has 0 aromatic rings. The molecule has 0 spiro atoms. The normalized spacial score (nSPS) is 49.2. The Morgan fingerprint density at radius 2 is 1.75 bits per heavy atom. The average molecular weight is 176 g/mol. The quantitative estimate of drug-likeness (QED) is 0.577. The van der Waals surface area contributed by atoms with E-state index in [9.17, 15) is 10.2 Å². The van der Waals surface area contributed by atoms with Crippen molar-refractivity contribution in [3.8, 4) is 0 Å². The van der Waals surface area contributed by atoms with Crippen molar-refractivity contribution in [2.75, 3.05) is 7.11 Å². The van der Waals surface area contributed by atoms with Gasteiger partial charge >= 0.3 is 0 Å². The van der Waals surface area contributed by atoms with Crippen molar-refractivity contribution in [2.45, 2.75) is 38.4 Å². The van der Waals surface area contributed by atoms with Gasteiger partial charge in [-0.05, 0) is 6.92 Å². The fraction of sp³-hybridized carbons (Fsp3) is 1.00. The van der Waals surface area contributed by atoms with Crippen molar-refractivity contribution in [3.63, 3.8) is 0 Å². The standard InChI is InChI=1S/C8H16O4/c1-4-6(9)5(2)12-8(11-3)7(4)10/h4-10H,1-3H3/t4-,5+,6+,7+,8?/m1/s1. The van der Waals surface area contributed by atoms with Crippen LogP contribution < -0.4 is 0 Å². The van der Waals surface area contributed by atoms with Gasteiger partial charge in [0, 0.05) is 13.0 Å². The average Bonchev–Trinajstić information content (AvgIpc) is 2.08. The predicted octanol–water partition coefficient (Wildman–Crippen LogP) is -0.264. The Kier molecular flexibility index (Phi) is 3.06. The molecule has 2 N–H and O–H groups in total. The third-order valence-corrected chi connectivity index (χ3v) is 2.42. The van der Waals surface area contributed by atoms with E-state index in [1.165, 1.54) is 7.11 Å². The topological polar surface area (TPSA) is 58.9 Å². The molecule has 1 aliphatic heterocycles. The number of methoxy groups -OCH3 is 1. The Balaban J connectivity index is 2.63. The highest BCUT2D eigenvalue weighted by Gasteiger charge is 2.39. The molecule has 5 atom stereocenters. The molecule has 0 aliphatic carbocycles. The first-order chi connectivity index (χ1) is 5.57. The zero-order valence-corrected chi connectivity index (χ0v) is 7.60. The summed E-state index contributed by atoms with van der Waals surface area (Å²) in [5.74, 6) is -0.210. The Morgan fingerprint density at radius 1 is 1.17 bits per heavy atom. The van der Waals surface area contributed by atoms with Crippen molar-refractivity contribution in [3.05, 3.63) is 0 Å². The molecule has 72 valence electrons. The van der Waals surface area contributed by atoms with E-state index < -0.39 is 18.5 Å². The summed E-state index contributed by atoms with van der Waals surface area (Å²) in [4.78, 5) is 0. The first-order valence-electron chi connectivity index (χ1n) is 4.12. The van der Waals surface area contributed by atoms with Gasteiger partial charge in [-0.25, -0.2) is 0 Å². The van der Waals surface area contributed by atoms with Gasteiger partial charge in [-0.2, -0.15) is 0 Å². The molecule has 1 rings (SSSR count). The Labute approximate surface area is 72.1 Å². The molecule has 0 saturated carbocycles. The highest BCUT2D eigenvalue weighted by molar-refractivity contribution is 4.84. The second-order valence-electron chi connectivity index (χ2n) is 3.29. The summed E-state index contributed by atoms with van der Waals surface area (Å²) in [6.07, 6.45) is -2.26. The van der Waals surface area contributed by atoms with Crippen LogP contribution in [0.15, 0.2) is 0 Å². The van der Waals surface area contributed by atoms with E-state index in [2.05, 4.69) is 0 Å². The third kappa shape index (κ3) is 1.61. The van der Waals surface area contributed by atoms with E-state index in [1.54, 1.807) is 13.8 Å². The highest BCUT2D eigenvalue weighted by atomic mass is 16.7. The van der Waals surface area contributed by atoms with Crippen LogP contribution in [-0.2, 0) is 9.47 Å². The predicted molar refractivity (Wildman–Crippen MR) is 42.5 cm³/mol. The molecule has 4 heteroatoms. The SMILES string of the molecule is COC1O[C@@H](C)[C@@H](O)[C@@H](C)[C@@H]1O. The molecule has 0 radical (unpaired) electrons. The van der Waals surface area contributed by atoms with Crippen LogP contribution in [0.5, 0.6) is 0 Å². The van der Waals surface area contributed by atoms with Crippen LogP contribution in [-0.4, -0.2) is 41.9 Å². The number of hydrogen-bond acceptors (Lipinski definition) is 4. The molecule has 0 aromatic heterocycles. The van der Waals surface area contributed by atoms with E-state index >= 15 is 0 Å². The fourth-order valence-corrected chi connectivity index (χ4v) is 1.44. The highest BCUT2D eigenvalue weighted by Crippen LogP contribution is 2.25. The maximum atomic E-state index is 9.52. The van der Waals surface area contributed by atoms with E-state index in [4.69, 9.17) is 9.47 Å². The maximum Gasteiger partial charge on any atom is 0.183 e. The molecule has 0 aromatic carbocycles. The second-order valence-corrected chi connectivity index (χ2v) is 3.29. The van der Waals surface area contributed by atoms with Crippen LogP contribution in [0.3, 0.4) is 0 Å². The first-order valence-corrected chi connectivity index (χ1v) is 4.12. The molecular formula is C8H16O4. The zero-order valence-electron chi connectivity index (χ0n) is 7.60. The summed E-state index contributed by atoms with van der Waals surface area (Å²) >= 11 is 0. The minimum absolute atomic E-state index is 0.210. The van der Waals surface area contributed by atoms with Gasteiger partial charge in [0.15, 0.2) is 6.29 Å². The lowest BCUT2D eigenvalue weighted by atomic mass is 9.91. The van der Waals surface area contributed by atoms with Crippen LogP contribution in [0.2, 0.25) is 0 Å². The summed E-state index contributed by atoms with van der Waals surface area (Å²) in [7, 11) is 1.48. The molecular weight excluding hydrogens is 160 g/mol. The number of rotatable bonds is 1. The number of aliphatic hydroxyl groups excluding tert-OH is 2. The van der Waals surface area contributed by atoms with Gasteiger partial charge in [0.1, 0.15) is 6.10 Å². The van der Waals surface area contributed by atoms with Crippen LogP contribution in [0, 0.1) is 5.92 Å². The lowest BCUT2D eigenvalue weighted by Crippen LogP contribution is -2.52. The number of hydrogen-bond donors (Lipinski definition) is 2. The van der Waals surface area contributed by atoms with E-state index in [-0.39, 0.29) is 12.0 Å². The molecule has 1 heterocycles.